The third-order valence-electron chi connectivity index (χ3n) is 4.93. The largest absolute Gasteiger partial charge is 0.373 e. The van der Waals surface area contributed by atoms with Gasteiger partial charge in [-0.15, -0.1) is 0 Å². The summed E-state index contributed by atoms with van der Waals surface area (Å²) < 4.78 is 7.87. The summed E-state index contributed by atoms with van der Waals surface area (Å²) in [6.07, 6.45) is 11.9. The molecule has 2 aliphatic rings. The molecule has 0 radical (unpaired) electrons. The Hall–Kier alpha value is -1.75. The van der Waals surface area contributed by atoms with E-state index < -0.39 is 0 Å². The first-order chi connectivity index (χ1) is 10.3. The number of rotatable bonds is 1. The van der Waals surface area contributed by atoms with Crippen molar-refractivity contribution in [2.24, 2.45) is 0 Å². The summed E-state index contributed by atoms with van der Waals surface area (Å²) in [6.45, 7) is 0.623. The lowest BCUT2D eigenvalue weighted by molar-refractivity contribution is -0.0248. The maximum Gasteiger partial charge on any atom is 0.261 e. The summed E-state index contributed by atoms with van der Waals surface area (Å²) in [5.41, 5.74) is 0.684. The van der Waals surface area contributed by atoms with E-state index in [9.17, 15) is 4.79 Å². The van der Waals surface area contributed by atoms with Gasteiger partial charge in [-0.05, 0) is 25.3 Å². The van der Waals surface area contributed by atoms with E-state index in [-0.39, 0.29) is 17.2 Å². The minimum atomic E-state index is 0.00948. The minimum absolute atomic E-state index is 0.00948. The predicted molar refractivity (Wildman–Crippen MR) is 79.2 cm³/mol. The fourth-order valence-electron chi connectivity index (χ4n) is 3.79. The molecule has 0 amide bonds. The van der Waals surface area contributed by atoms with Gasteiger partial charge in [0.15, 0.2) is 0 Å². The molecule has 5 heteroatoms. The van der Waals surface area contributed by atoms with Gasteiger partial charge in [-0.1, -0.05) is 19.3 Å². The molecule has 1 saturated heterocycles. The van der Waals surface area contributed by atoms with Crippen LogP contribution in [0.5, 0.6) is 0 Å². The van der Waals surface area contributed by atoms with Crippen molar-refractivity contribution in [3.63, 3.8) is 0 Å². The van der Waals surface area contributed by atoms with Crippen molar-refractivity contribution in [1.82, 2.24) is 14.5 Å². The zero-order valence-corrected chi connectivity index (χ0v) is 12.0. The van der Waals surface area contributed by atoms with Gasteiger partial charge >= 0.3 is 0 Å². The van der Waals surface area contributed by atoms with E-state index in [1.807, 2.05) is 0 Å². The van der Waals surface area contributed by atoms with Crippen molar-refractivity contribution < 1.29 is 4.74 Å². The van der Waals surface area contributed by atoms with Gasteiger partial charge in [0.1, 0.15) is 0 Å². The SMILES string of the molecule is O=c1c2ccncc2ncn1C1COC2(CCCCC2)C1. The van der Waals surface area contributed by atoms with Crippen LogP contribution < -0.4 is 5.56 Å². The molecular formula is C16H19N3O2. The Morgan fingerprint density at radius 3 is 3.00 bits per heavy atom. The van der Waals surface area contributed by atoms with E-state index >= 15 is 0 Å². The summed E-state index contributed by atoms with van der Waals surface area (Å²) in [4.78, 5) is 21.0. The highest BCUT2D eigenvalue weighted by atomic mass is 16.5. The first-order valence-corrected chi connectivity index (χ1v) is 7.72. The molecule has 2 aromatic rings. The number of fused-ring (bicyclic) bond motifs is 1. The number of hydrogen-bond acceptors (Lipinski definition) is 4. The fraction of sp³-hybridized carbons (Fsp3) is 0.562. The van der Waals surface area contributed by atoms with Gasteiger partial charge in [-0.25, -0.2) is 4.98 Å². The van der Waals surface area contributed by atoms with Crippen LogP contribution in [0, 0.1) is 0 Å². The van der Waals surface area contributed by atoms with Gasteiger partial charge in [0, 0.05) is 6.20 Å². The average molecular weight is 285 g/mol. The Balaban J connectivity index is 1.68. The lowest BCUT2D eigenvalue weighted by Crippen LogP contribution is -2.31. The first-order valence-electron chi connectivity index (χ1n) is 7.72. The van der Waals surface area contributed by atoms with E-state index in [4.69, 9.17) is 4.74 Å². The topological polar surface area (TPSA) is 57.0 Å². The average Bonchev–Trinajstić information content (AvgIpc) is 2.92. The summed E-state index contributed by atoms with van der Waals surface area (Å²) >= 11 is 0. The molecule has 1 spiro atoms. The molecule has 1 aliphatic carbocycles. The van der Waals surface area contributed by atoms with Crippen LogP contribution in [-0.4, -0.2) is 26.7 Å². The highest BCUT2D eigenvalue weighted by Crippen LogP contribution is 2.42. The number of nitrogens with zero attached hydrogens (tertiary/aromatic N) is 3. The van der Waals surface area contributed by atoms with Crippen LogP contribution in [0.2, 0.25) is 0 Å². The van der Waals surface area contributed by atoms with Crippen molar-refractivity contribution in [1.29, 1.82) is 0 Å². The minimum Gasteiger partial charge on any atom is -0.373 e. The monoisotopic (exact) mass is 285 g/mol. The molecule has 0 N–H and O–H groups in total. The summed E-state index contributed by atoms with van der Waals surface area (Å²) in [5.74, 6) is 0. The molecule has 0 aromatic carbocycles. The number of aromatic nitrogens is 3. The van der Waals surface area contributed by atoms with Gasteiger partial charge in [0.25, 0.3) is 5.56 Å². The second-order valence-electron chi connectivity index (χ2n) is 6.26. The van der Waals surface area contributed by atoms with Gasteiger partial charge in [0.2, 0.25) is 0 Å². The van der Waals surface area contributed by atoms with Crippen LogP contribution in [-0.2, 0) is 4.74 Å². The van der Waals surface area contributed by atoms with Crippen LogP contribution >= 0.6 is 0 Å². The quantitative estimate of drug-likeness (QED) is 0.807. The molecule has 3 heterocycles. The van der Waals surface area contributed by atoms with Crippen LogP contribution in [0.4, 0.5) is 0 Å². The molecule has 5 nitrogen and oxygen atoms in total. The Labute approximate surface area is 123 Å². The fourth-order valence-corrected chi connectivity index (χ4v) is 3.79. The van der Waals surface area contributed by atoms with E-state index in [0.717, 1.165) is 19.3 Å². The zero-order chi connectivity index (χ0) is 14.3. The molecule has 2 fully saturated rings. The molecule has 0 bridgehead atoms. The van der Waals surface area contributed by atoms with Crippen molar-refractivity contribution in [3.05, 3.63) is 35.1 Å². The second-order valence-corrected chi connectivity index (χ2v) is 6.26. The molecule has 1 saturated carbocycles. The first kappa shape index (κ1) is 13.0. The Kier molecular flexibility index (Phi) is 3.03. The molecular weight excluding hydrogens is 266 g/mol. The second kappa shape index (κ2) is 4.91. The Bertz CT molecular complexity index is 719. The van der Waals surface area contributed by atoms with Gasteiger partial charge < -0.3 is 4.74 Å². The van der Waals surface area contributed by atoms with E-state index in [2.05, 4.69) is 9.97 Å². The standard InChI is InChI=1S/C16H19N3O2/c20-15-13-4-7-17-9-14(13)18-11-19(15)12-8-16(21-10-12)5-2-1-3-6-16/h4,7,9,11-12H,1-3,5-6,8,10H2. The maximum atomic E-state index is 12.6. The summed E-state index contributed by atoms with van der Waals surface area (Å²) in [7, 11) is 0. The highest BCUT2D eigenvalue weighted by molar-refractivity contribution is 5.75. The van der Waals surface area contributed by atoms with Gasteiger partial charge in [-0.2, -0.15) is 0 Å². The number of ether oxygens (including phenoxy) is 1. The van der Waals surface area contributed by atoms with Crippen molar-refractivity contribution in [2.75, 3.05) is 6.61 Å². The van der Waals surface area contributed by atoms with E-state index in [1.54, 1.807) is 29.4 Å². The lowest BCUT2D eigenvalue weighted by Gasteiger charge is -2.32. The maximum absolute atomic E-state index is 12.6. The molecule has 1 unspecified atom stereocenters. The molecule has 110 valence electrons. The Morgan fingerprint density at radius 1 is 1.29 bits per heavy atom. The van der Waals surface area contributed by atoms with E-state index in [1.165, 1.54) is 19.3 Å². The van der Waals surface area contributed by atoms with Crippen LogP contribution in [0.3, 0.4) is 0 Å². The number of hydrogen-bond donors (Lipinski definition) is 0. The molecule has 4 rings (SSSR count). The summed E-state index contributed by atoms with van der Waals surface area (Å²) in [5, 5.41) is 0.636. The van der Waals surface area contributed by atoms with Crippen LogP contribution in [0.1, 0.15) is 44.6 Å². The van der Waals surface area contributed by atoms with E-state index in [0.29, 0.717) is 17.5 Å². The zero-order valence-electron chi connectivity index (χ0n) is 12.0. The highest BCUT2D eigenvalue weighted by Gasteiger charge is 2.42. The summed E-state index contributed by atoms with van der Waals surface area (Å²) in [6, 6.07) is 1.86. The third-order valence-corrected chi connectivity index (χ3v) is 4.93. The van der Waals surface area contributed by atoms with Gasteiger partial charge in [-0.3, -0.25) is 14.3 Å². The normalized spacial score (nSPS) is 24.7. The van der Waals surface area contributed by atoms with Crippen LogP contribution in [0.15, 0.2) is 29.6 Å². The van der Waals surface area contributed by atoms with Crippen molar-refractivity contribution in [3.8, 4) is 0 Å². The number of pyridine rings is 1. The van der Waals surface area contributed by atoms with Crippen molar-refractivity contribution in [2.45, 2.75) is 50.2 Å². The third kappa shape index (κ3) is 2.16. The van der Waals surface area contributed by atoms with Gasteiger partial charge in [0.05, 0.1) is 41.7 Å². The van der Waals surface area contributed by atoms with Crippen molar-refractivity contribution >= 4 is 10.9 Å². The molecule has 2 aromatic heterocycles. The molecule has 21 heavy (non-hydrogen) atoms. The van der Waals surface area contributed by atoms with Crippen LogP contribution in [0.25, 0.3) is 10.9 Å². The smallest absolute Gasteiger partial charge is 0.261 e. The Morgan fingerprint density at radius 2 is 2.14 bits per heavy atom. The lowest BCUT2D eigenvalue weighted by atomic mass is 9.82. The predicted octanol–water partition coefficient (Wildman–Crippen LogP) is 2.46. The molecule has 1 aliphatic heterocycles. The molecule has 1 atom stereocenters.